The largest absolute Gasteiger partial charge is 0.466 e. The maximum absolute atomic E-state index is 11.9. The van der Waals surface area contributed by atoms with E-state index in [-0.39, 0.29) is 23.7 Å². The van der Waals surface area contributed by atoms with Crippen LogP contribution < -0.4 is 5.32 Å². The van der Waals surface area contributed by atoms with Crippen molar-refractivity contribution >= 4 is 17.7 Å². The van der Waals surface area contributed by atoms with E-state index in [2.05, 4.69) is 10.1 Å². The van der Waals surface area contributed by atoms with Gasteiger partial charge in [-0.3, -0.25) is 9.59 Å². The minimum atomic E-state index is -0.576. The Morgan fingerprint density at radius 2 is 2.05 bits per heavy atom. The van der Waals surface area contributed by atoms with Crippen molar-refractivity contribution in [2.45, 2.75) is 45.1 Å². The maximum Gasteiger partial charge on any atom is 0.330 e. The van der Waals surface area contributed by atoms with Crippen LogP contribution in [0.4, 0.5) is 0 Å². The second kappa shape index (κ2) is 7.71. The Morgan fingerprint density at radius 3 is 2.74 bits per heavy atom. The van der Waals surface area contributed by atoms with Gasteiger partial charge in [-0.1, -0.05) is 12.8 Å². The molecular formula is C14H21NO4. The molecule has 5 nitrogen and oxygen atoms in total. The molecule has 0 saturated heterocycles. The number of esters is 1. The Balaban J connectivity index is 2.50. The van der Waals surface area contributed by atoms with E-state index < -0.39 is 5.97 Å². The molecule has 1 aliphatic rings. The van der Waals surface area contributed by atoms with Crippen LogP contribution >= 0.6 is 0 Å². The van der Waals surface area contributed by atoms with Crippen LogP contribution in [0, 0.1) is 5.92 Å². The quantitative estimate of drug-likeness (QED) is 0.474. The number of amides is 1. The molecule has 1 saturated carbocycles. The minimum absolute atomic E-state index is 0.113. The highest BCUT2D eigenvalue weighted by molar-refractivity contribution is 5.95. The summed E-state index contributed by atoms with van der Waals surface area (Å²) in [5, 5.41) is 2.73. The summed E-state index contributed by atoms with van der Waals surface area (Å²) in [7, 11) is 1.25. The average Bonchev–Trinajstić information content (AvgIpc) is 2.60. The van der Waals surface area contributed by atoms with Crippen molar-refractivity contribution in [3.8, 4) is 0 Å². The number of carbonyl (C=O) groups excluding carboxylic acids is 3. The molecule has 0 aromatic heterocycles. The van der Waals surface area contributed by atoms with Crippen LogP contribution in [0.1, 0.15) is 39.0 Å². The molecule has 0 bridgehead atoms. The monoisotopic (exact) mass is 267 g/mol. The molecule has 0 radical (unpaired) electrons. The lowest BCUT2D eigenvalue weighted by molar-refractivity contribution is -0.135. The molecular weight excluding hydrogens is 246 g/mol. The van der Waals surface area contributed by atoms with Gasteiger partial charge in [0.25, 0.3) is 0 Å². The third kappa shape index (κ3) is 5.24. The first kappa shape index (κ1) is 15.4. The lowest BCUT2D eigenvalue weighted by Gasteiger charge is -2.21. The molecule has 0 aliphatic heterocycles. The fraction of sp³-hybridized carbons (Fsp3) is 0.643. The van der Waals surface area contributed by atoms with Crippen molar-refractivity contribution in [2.75, 3.05) is 7.11 Å². The predicted octanol–water partition coefficient (Wildman–Crippen LogP) is 1.37. The number of ketones is 1. The van der Waals surface area contributed by atoms with E-state index in [4.69, 9.17) is 0 Å². The fourth-order valence-electron chi connectivity index (χ4n) is 2.30. The zero-order chi connectivity index (χ0) is 14.3. The number of ether oxygens (including phenoxy) is 1. The summed E-state index contributed by atoms with van der Waals surface area (Å²) in [5.74, 6) is -0.844. The van der Waals surface area contributed by atoms with Crippen LogP contribution in [0.15, 0.2) is 12.2 Å². The minimum Gasteiger partial charge on any atom is -0.466 e. The van der Waals surface area contributed by atoms with Gasteiger partial charge in [-0.2, -0.15) is 0 Å². The van der Waals surface area contributed by atoms with E-state index in [1.165, 1.54) is 7.11 Å². The molecule has 0 aromatic rings. The number of methoxy groups -OCH3 is 1. The fourth-order valence-corrected chi connectivity index (χ4v) is 2.30. The first-order chi connectivity index (χ1) is 9.04. The van der Waals surface area contributed by atoms with Crippen LogP contribution in [-0.4, -0.2) is 30.8 Å². The Kier molecular flexibility index (Phi) is 6.25. The lowest BCUT2D eigenvalue weighted by Crippen LogP contribution is -2.40. The Morgan fingerprint density at radius 1 is 1.32 bits per heavy atom. The van der Waals surface area contributed by atoms with Crippen molar-refractivity contribution in [1.29, 1.82) is 0 Å². The Labute approximate surface area is 113 Å². The molecule has 1 amide bonds. The summed E-state index contributed by atoms with van der Waals surface area (Å²) in [6.45, 7) is 1.83. The highest BCUT2D eigenvalue weighted by Crippen LogP contribution is 2.22. The highest BCUT2D eigenvalue weighted by Gasteiger charge is 2.26. The topological polar surface area (TPSA) is 72.5 Å². The van der Waals surface area contributed by atoms with E-state index in [9.17, 15) is 14.4 Å². The number of carbonyl (C=O) groups is 3. The summed E-state index contributed by atoms with van der Waals surface area (Å²) in [5.41, 5.74) is 0. The van der Waals surface area contributed by atoms with Gasteiger partial charge in [0.2, 0.25) is 5.91 Å². The Bertz CT molecular complexity index is 376. The SMILES string of the molecule is COC(=O)C=CC(=O)NC(C)C1CCCCCC1=O. The summed E-state index contributed by atoms with van der Waals surface area (Å²) in [6.07, 6.45) is 6.66. The van der Waals surface area contributed by atoms with Crippen LogP contribution in [0.25, 0.3) is 0 Å². The summed E-state index contributed by atoms with van der Waals surface area (Å²) < 4.78 is 4.40. The smallest absolute Gasteiger partial charge is 0.330 e. The van der Waals surface area contributed by atoms with Gasteiger partial charge in [-0.05, 0) is 19.8 Å². The van der Waals surface area contributed by atoms with Crippen LogP contribution in [-0.2, 0) is 19.1 Å². The molecule has 1 fully saturated rings. The van der Waals surface area contributed by atoms with Crippen molar-refractivity contribution in [1.82, 2.24) is 5.32 Å². The normalized spacial score (nSPS) is 21.8. The van der Waals surface area contributed by atoms with Gasteiger partial charge in [-0.25, -0.2) is 4.79 Å². The zero-order valence-electron chi connectivity index (χ0n) is 11.5. The van der Waals surface area contributed by atoms with Gasteiger partial charge in [0.15, 0.2) is 0 Å². The molecule has 5 heteroatoms. The van der Waals surface area contributed by atoms with Crippen molar-refractivity contribution in [3.63, 3.8) is 0 Å². The molecule has 106 valence electrons. The molecule has 0 aromatic carbocycles. The van der Waals surface area contributed by atoms with E-state index in [0.29, 0.717) is 6.42 Å². The number of Topliss-reactive ketones (excluding diaryl/α,β-unsaturated/α-hetero) is 1. The van der Waals surface area contributed by atoms with Crippen molar-refractivity contribution in [2.24, 2.45) is 5.92 Å². The Hall–Kier alpha value is -1.65. The van der Waals surface area contributed by atoms with Crippen molar-refractivity contribution < 1.29 is 19.1 Å². The standard InChI is InChI=1S/C14H21NO4/c1-10(11-6-4-3-5-7-12(11)16)15-13(17)8-9-14(18)19-2/h8-11H,3-7H2,1-2H3,(H,15,17). The molecule has 2 unspecified atom stereocenters. The van der Waals surface area contributed by atoms with Gasteiger partial charge in [-0.15, -0.1) is 0 Å². The molecule has 0 spiro atoms. The van der Waals surface area contributed by atoms with E-state index in [1.807, 2.05) is 6.92 Å². The van der Waals surface area contributed by atoms with Gasteiger partial charge >= 0.3 is 5.97 Å². The number of nitrogens with one attached hydrogen (secondary N) is 1. The summed E-state index contributed by atoms with van der Waals surface area (Å²) in [4.78, 5) is 34.4. The second-order valence-corrected chi connectivity index (χ2v) is 4.83. The third-order valence-corrected chi connectivity index (χ3v) is 3.40. The van der Waals surface area contributed by atoms with E-state index in [1.54, 1.807) is 0 Å². The van der Waals surface area contributed by atoms with Crippen LogP contribution in [0.3, 0.4) is 0 Å². The average molecular weight is 267 g/mol. The molecule has 2 atom stereocenters. The van der Waals surface area contributed by atoms with Gasteiger partial charge < -0.3 is 10.1 Å². The first-order valence-electron chi connectivity index (χ1n) is 6.64. The molecule has 1 N–H and O–H groups in total. The second-order valence-electron chi connectivity index (χ2n) is 4.83. The highest BCUT2D eigenvalue weighted by atomic mass is 16.5. The predicted molar refractivity (Wildman–Crippen MR) is 70.3 cm³/mol. The summed E-state index contributed by atoms with van der Waals surface area (Å²) >= 11 is 0. The number of hydrogen-bond acceptors (Lipinski definition) is 4. The van der Waals surface area contributed by atoms with Crippen LogP contribution in [0.2, 0.25) is 0 Å². The summed E-state index contributed by atoms with van der Waals surface area (Å²) in [6, 6.07) is -0.208. The number of rotatable bonds is 4. The lowest BCUT2D eigenvalue weighted by atomic mass is 9.92. The van der Waals surface area contributed by atoms with Gasteiger partial charge in [0.05, 0.1) is 7.11 Å². The third-order valence-electron chi connectivity index (χ3n) is 3.40. The van der Waals surface area contributed by atoms with E-state index in [0.717, 1.165) is 37.8 Å². The maximum atomic E-state index is 11.9. The molecule has 0 heterocycles. The number of hydrogen-bond donors (Lipinski definition) is 1. The van der Waals surface area contributed by atoms with Crippen molar-refractivity contribution in [3.05, 3.63) is 12.2 Å². The molecule has 19 heavy (non-hydrogen) atoms. The van der Waals surface area contributed by atoms with Crippen LogP contribution in [0.5, 0.6) is 0 Å². The van der Waals surface area contributed by atoms with E-state index >= 15 is 0 Å². The zero-order valence-corrected chi connectivity index (χ0v) is 11.5. The van der Waals surface area contributed by atoms with Gasteiger partial charge in [0, 0.05) is 30.5 Å². The van der Waals surface area contributed by atoms with Gasteiger partial charge in [0.1, 0.15) is 5.78 Å². The molecule has 1 aliphatic carbocycles. The molecule has 1 rings (SSSR count). The first-order valence-corrected chi connectivity index (χ1v) is 6.64.